The summed E-state index contributed by atoms with van der Waals surface area (Å²) in [5.41, 5.74) is 1.50. The van der Waals surface area contributed by atoms with E-state index in [-0.39, 0.29) is 5.56 Å². The zero-order chi connectivity index (χ0) is 19.3. The molecule has 4 rings (SSSR count). The third-order valence-electron chi connectivity index (χ3n) is 4.50. The second-order valence-electron chi connectivity index (χ2n) is 6.43. The van der Waals surface area contributed by atoms with Gasteiger partial charge in [-0.25, -0.2) is 4.98 Å². The maximum absolute atomic E-state index is 13.1. The molecule has 1 aromatic heterocycles. The molecule has 0 aliphatic carbocycles. The summed E-state index contributed by atoms with van der Waals surface area (Å²) in [4.78, 5) is 17.9. The van der Waals surface area contributed by atoms with Crippen LogP contribution in [0.15, 0.2) is 83.7 Å². The van der Waals surface area contributed by atoms with Crippen molar-refractivity contribution in [2.24, 2.45) is 0 Å². The lowest BCUT2D eigenvalue weighted by molar-refractivity contribution is 0.301. The minimum Gasteiger partial charge on any atom is -0.494 e. The average Bonchev–Trinajstić information content (AvgIpc) is 2.74. The number of rotatable bonds is 6. The Morgan fingerprint density at radius 1 is 0.893 bits per heavy atom. The Balaban J connectivity index is 1.65. The zero-order valence-corrected chi connectivity index (χ0v) is 16.0. The first kappa shape index (κ1) is 18.3. The summed E-state index contributed by atoms with van der Waals surface area (Å²) >= 11 is 6.02. The fraction of sp³-hybridized carbons (Fsp3) is 0.130. The smallest absolute Gasteiger partial charge is 0.261 e. The summed E-state index contributed by atoms with van der Waals surface area (Å²) in [7, 11) is 0. The number of hydrogen-bond donors (Lipinski definition) is 0. The van der Waals surface area contributed by atoms with Crippen molar-refractivity contribution in [3.63, 3.8) is 0 Å². The van der Waals surface area contributed by atoms with Crippen LogP contribution >= 0.6 is 11.6 Å². The van der Waals surface area contributed by atoms with Crippen molar-refractivity contribution in [3.05, 3.63) is 94.2 Å². The Hall–Kier alpha value is -3.11. The highest BCUT2D eigenvalue weighted by atomic mass is 35.5. The molecule has 1 heterocycles. The fourth-order valence-corrected chi connectivity index (χ4v) is 3.25. The third-order valence-corrected chi connectivity index (χ3v) is 4.75. The van der Waals surface area contributed by atoms with E-state index in [4.69, 9.17) is 21.3 Å². The number of benzene rings is 3. The number of halogens is 1. The van der Waals surface area contributed by atoms with Gasteiger partial charge in [0.05, 0.1) is 17.5 Å². The van der Waals surface area contributed by atoms with E-state index < -0.39 is 0 Å². The van der Waals surface area contributed by atoms with E-state index in [1.165, 1.54) is 0 Å². The van der Waals surface area contributed by atoms with E-state index in [0.29, 0.717) is 41.3 Å². The zero-order valence-electron chi connectivity index (χ0n) is 15.2. The van der Waals surface area contributed by atoms with Crippen LogP contribution in [-0.2, 0) is 6.54 Å². The number of fused-ring (bicyclic) bond motifs is 1. The van der Waals surface area contributed by atoms with Gasteiger partial charge in [-0.2, -0.15) is 0 Å². The Bertz CT molecular complexity index is 1140. The maximum Gasteiger partial charge on any atom is 0.261 e. The normalized spacial score (nSPS) is 10.9. The average molecular weight is 391 g/mol. The first-order valence-corrected chi connectivity index (χ1v) is 9.53. The van der Waals surface area contributed by atoms with E-state index >= 15 is 0 Å². The van der Waals surface area contributed by atoms with Crippen LogP contribution in [0.2, 0.25) is 5.02 Å². The molecule has 0 atom stereocenters. The number of ether oxygens (including phenoxy) is 1. The molecule has 0 amide bonds. The standard InChI is InChI=1S/C23H19ClN2O2/c24-18-13-11-17(12-14-18)22-25-21-10-5-4-9-20(21)23(27)26(22)15-6-16-28-19-7-2-1-3-8-19/h1-5,7-14H,6,15-16H2. The van der Waals surface area contributed by atoms with Crippen molar-refractivity contribution >= 4 is 22.5 Å². The molecule has 0 spiro atoms. The van der Waals surface area contributed by atoms with Gasteiger partial charge in [0.25, 0.3) is 5.56 Å². The molecule has 0 N–H and O–H groups in total. The highest BCUT2D eigenvalue weighted by Crippen LogP contribution is 2.21. The van der Waals surface area contributed by atoms with Crippen LogP contribution in [-0.4, -0.2) is 16.2 Å². The van der Waals surface area contributed by atoms with Crippen molar-refractivity contribution in [2.75, 3.05) is 6.61 Å². The van der Waals surface area contributed by atoms with E-state index in [9.17, 15) is 4.79 Å². The minimum absolute atomic E-state index is 0.0461. The quantitative estimate of drug-likeness (QED) is 0.426. The molecule has 4 aromatic rings. The second kappa shape index (κ2) is 8.28. The van der Waals surface area contributed by atoms with Gasteiger partial charge in [-0.05, 0) is 55.0 Å². The summed E-state index contributed by atoms with van der Waals surface area (Å²) in [6.45, 7) is 1.03. The van der Waals surface area contributed by atoms with Crippen molar-refractivity contribution in [2.45, 2.75) is 13.0 Å². The molecule has 0 aliphatic rings. The van der Waals surface area contributed by atoms with Crippen LogP contribution in [0, 0.1) is 0 Å². The summed E-state index contributed by atoms with van der Waals surface area (Å²) < 4.78 is 7.49. The molecule has 0 fully saturated rings. The van der Waals surface area contributed by atoms with Gasteiger partial charge < -0.3 is 4.74 Å². The van der Waals surface area contributed by atoms with Gasteiger partial charge in [-0.1, -0.05) is 41.9 Å². The van der Waals surface area contributed by atoms with Crippen LogP contribution in [0.25, 0.3) is 22.3 Å². The van der Waals surface area contributed by atoms with Gasteiger partial charge in [0.15, 0.2) is 0 Å². The van der Waals surface area contributed by atoms with Crippen LogP contribution < -0.4 is 10.3 Å². The molecule has 0 bridgehead atoms. The first-order chi connectivity index (χ1) is 13.7. The van der Waals surface area contributed by atoms with Gasteiger partial charge in [-0.15, -0.1) is 0 Å². The van der Waals surface area contributed by atoms with Crippen molar-refractivity contribution in [1.29, 1.82) is 0 Å². The number of aromatic nitrogens is 2. The topological polar surface area (TPSA) is 44.1 Å². The maximum atomic E-state index is 13.1. The van der Waals surface area contributed by atoms with E-state index in [0.717, 1.165) is 11.3 Å². The molecule has 140 valence electrons. The SMILES string of the molecule is O=c1c2ccccc2nc(-c2ccc(Cl)cc2)n1CCCOc1ccccc1. The molecule has 5 heteroatoms. The van der Waals surface area contributed by atoms with Crippen LogP contribution in [0.3, 0.4) is 0 Å². The molecule has 28 heavy (non-hydrogen) atoms. The highest BCUT2D eigenvalue weighted by Gasteiger charge is 2.12. The highest BCUT2D eigenvalue weighted by molar-refractivity contribution is 6.30. The van der Waals surface area contributed by atoms with Gasteiger partial charge in [0.1, 0.15) is 11.6 Å². The van der Waals surface area contributed by atoms with E-state index in [1.54, 1.807) is 16.7 Å². The molecule has 0 unspecified atom stereocenters. The Morgan fingerprint density at radius 3 is 2.39 bits per heavy atom. The van der Waals surface area contributed by atoms with Crippen LogP contribution in [0.1, 0.15) is 6.42 Å². The van der Waals surface area contributed by atoms with Gasteiger partial charge >= 0.3 is 0 Å². The number of nitrogens with zero attached hydrogens (tertiary/aromatic N) is 2. The van der Waals surface area contributed by atoms with Crippen molar-refractivity contribution in [3.8, 4) is 17.1 Å². The molecule has 0 saturated carbocycles. The van der Waals surface area contributed by atoms with Gasteiger partial charge in [0.2, 0.25) is 0 Å². The largest absolute Gasteiger partial charge is 0.494 e. The lowest BCUT2D eigenvalue weighted by Gasteiger charge is -2.14. The lowest BCUT2D eigenvalue weighted by atomic mass is 10.1. The summed E-state index contributed by atoms with van der Waals surface area (Å²) in [5, 5.41) is 1.26. The van der Waals surface area contributed by atoms with Crippen molar-refractivity contribution in [1.82, 2.24) is 9.55 Å². The van der Waals surface area contributed by atoms with Crippen LogP contribution in [0.4, 0.5) is 0 Å². The molecule has 0 aliphatic heterocycles. The molecule has 0 radical (unpaired) electrons. The second-order valence-corrected chi connectivity index (χ2v) is 6.87. The fourth-order valence-electron chi connectivity index (χ4n) is 3.12. The predicted octanol–water partition coefficient (Wildman–Crippen LogP) is 5.19. The monoisotopic (exact) mass is 390 g/mol. The van der Waals surface area contributed by atoms with Gasteiger partial charge in [0, 0.05) is 17.1 Å². The minimum atomic E-state index is -0.0461. The van der Waals surface area contributed by atoms with Crippen molar-refractivity contribution < 1.29 is 4.74 Å². The summed E-state index contributed by atoms with van der Waals surface area (Å²) in [6, 6.07) is 24.5. The number of para-hydroxylation sites is 2. The molecule has 0 saturated heterocycles. The Morgan fingerprint density at radius 2 is 1.61 bits per heavy atom. The van der Waals surface area contributed by atoms with Crippen LogP contribution in [0.5, 0.6) is 5.75 Å². The van der Waals surface area contributed by atoms with E-state index in [2.05, 4.69) is 0 Å². The van der Waals surface area contributed by atoms with Gasteiger partial charge in [-0.3, -0.25) is 9.36 Å². The Labute approximate surface area is 168 Å². The molecule has 4 nitrogen and oxygen atoms in total. The van der Waals surface area contributed by atoms with E-state index in [1.807, 2.05) is 66.7 Å². The summed E-state index contributed by atoms with van der Waals surface area (Å²) in [5.74, 6) is 1.46. The summed E-state index contributed by atoms with van der Waals surface area (Å²) in [6.07, 6.45) is 0.690. The Kier molecular flexibility index (Phi) is 5.40. The molecular weight excluding hydrogens is 372 g/mol. The molecule has 3 aromatic carbocycles. The molecular formula is C23H19ClN2O2. The third kappa shape index (κ3) is 3.92. The number of hydrogen-bond acceptors (Lipinski definition) is 3. The first-order valence-electron chi connectivity index (χ1n) is 9.16. The predicted molar refractivity (Wildman–Crippen MR) is 113 cm³/mol. The lowest BCUT2D eigenvalue weighted by Crippen LogP contribution is -2.24.